The van der Waals surface area contributed by atoms with Crippen molar-refractivity contribution in [3.63, 3.8) is 0 Å². The molecule has 0 bridgehead atoms. The van der Waals surface area contributed by atoms with Gasteiger partial charge in [0.2, 0.25) is 10.0 Å². The number of likely N-dealkylation sites (tertiary alicyclic amines) is 1. The molecule has 1 amide bonds. The van der Waals surface area contributed by atoms with Crippen LogP contribution in [0.1, 0.15) is 41.9 Å². The number of piperidine rings is 1. The van der Waals surface area contributed by atoms with Crippen molar-refractivity contribution in [3.8, 4) is 0 Å². The zero-order valence-corrected chi connectivity index (χ0v) is 14.4. The molecule has 0 aromatic carbocycles. The molecule has 3 rings (SSSR count). The average Bonchev–Trinajstić information content (AvgIpc) is 2.44. The Morgan fingerprint density at radius 3 is 2.52 bits per heavy atom. The number of rotatable bonds is 3. The van der Waals surface area contributed by atoms with Gasteiger partial charge in [-0.25, -0.2) is 18.1 Å². The largest absolute Gasteiger partial charge is 0.337 e. The highest BCUT2D eigenvalue weighted by Gasteiger charge is 2.47. The minimum absolute atomic E-state index is 0.00585. The molecule has 1 N–H and O–H groups in total. The number of nitrogens with zero attached hydrogens (tertiary/aromatic N) is 2. The second-order valence-electron chi connectivity index (χ2n) is 6.95. The molecule has 126 valence electrons. The van der Waals surface area contributed by atoms with Crippen LogP contribution in [0.25, 0.3) is 0 Å². The van der Waals surface area contributed by atoms with E-state index < -0.39 is 10.0 Å². The molecule has 7 heteroatoms. The highest BCUT2D eigenvalue weighted by atomic mass is 32.2. The van der Waals surface area contributed by atoms with Gasteiger partial charge in [0.15, 0.2) is 0 Å². The van der Waals surface area contributed by atoms with Crippen LogP contribution in [0.5, 0.6) is 0 Å². The molecule has 6 nitrogen and oxygen atoms in total. The van der Waals surface area contributed by atoms with Crippen LogP contribution < -0.4 is 4.72 Å². The zero-order chi connectivity index (χ0) is 16.7. The van der Waals surface area contributed by atoms with E-state index in [-0.39, 0.29) is 17.4 Å². The van der Waals surface area contributed by atoms with Gasteiger partial charge in [-0.3, -0.25) is 4.79 Å². The Hall–Kier alpha value is -1.47. The first-order valence-corrected chi connectivity index (χ1v) is 9.86. The molecule has 1 aromatic heterocycles. The van der Waals surface area contributed by atoms with Crippen molar-refractivity contribution in [2.75, 3.05) is 19.3 Å². The minimum Gasteiger partial charge on any atom is -0.337 e. The first kappa shape index (κ1) is 16.4. The third-order valence-electron chi connectivity index (χ3n) is 4.96. The molecule has 1 saturated heterocycles. The monoisotopic (exact) mass is 337 g/mol. The van der Waals surface area contributed by atoms with Crippen LogP contribution in [0, 0.1) is 12.3 Å². The topological polar surface area (TPSA) is 79.4 Å². The summed E-state index contributed by atoms with van der Waals surface area (Å²) in [6.45, 7) is 3.32. The van der Waals surface area contributed by atoms with Gasteiger partial charge >= 0.3 is 0 Å². The van der Waals surface area contributed by atoms with E-state index >= 15 is 0 Å². The molecular formula is C16H23N3O3S. The number of nitrogens with one attached hydrogen (secondary N) is 1. The Bertz CT molecular complexity index is 701. The molecule has 1 spiro atoms. The van der Waals surface area contributed by atoms with E-state index in [2.05, 4.69) is 9.71 Å². The van der Waals surface area contributed by atoms with Gasteiger partial charge in [-0.05, 0) is 50.2 Å². The highest BCUT2D eigenvalue weighted by Crippen LogP contribution is 2.49. The van der Waals surface area contributed by atoms with Crippen molar-refractivity contribution in [2.45, 2.75) is 38.6 Å². The summed E-state index contributed by atoms with van der Waals surface area (Å²) >= 11 is 0. The van der Waals surface area contributed by atoms with E-state index in [0.717, 1.165) is 44.5 Å². The van der Waals surface area contributed by atoms with E-state index in [1.54, 1.807) is 6.07 Å². The smallest absolute Gasteiger partial charge is 0.272 e. The molecule has 23 heavy (non-hydrogen) atoms. The number of carbonyl (C=O) groups is 1. The Kier molecular flexibility index (Phi) is 4.18. The van der Waals surface area contributed by atoms with Crippen LogP contribution in [0.4, 0.5) is 0 Å². The normalized spacial score (nSPS) is 21.2. The first-order chi connectivity index (χ1) is 10.8. The molecule has 2 aliphatic rings. The molecule has 2 fully saturated rings. The number of hydrogen-bond donors (Lipinski definition) is 1. The molecule has 1 aromatic rings. The summed E-state index contributed by atoms with van der Waals surface area (Å²) in [5, 5.41) is 0. The maximum Gasteiger partial charge on any atom is 0.272 e. The summed E-state index contributed by atoms with van der Waals surface area (Å²) < 4.78 is 25.2. The van der Waals surface area contributed by atoms with Crippen molar-refractivity contribution < 1.29 is 13.2 Å². The van der Waals surface area contributed by atoms with Gasteiger partial charge in [-0.15, -0.1) is 0 Å². The summed E-state index contributed by atoms with van der Waals surface area (Å²) in [6.07, 6.45) is 4.84. The number of carbonyl (C=O) groups excluding carboxylic acids is 1. The number of aromatic nitrogens is 1. The lowest BCUT2D eigenvalue weighted by molar-refractivity contribution is 0.0135. The number of sulfonamides is 1. The molecule has 1 aliphatic heterocycles. The summed E-state index contributed by atoms with van der Waals surface area (Å²) in [5.74, 6) is -0.00585. The predicted molar refractivity (Wildman–Crippen MR) is 87.5 cm³/mol. The van der Waals surface area contributed by atoms with Crippen molar-refractivity contribution in [2.24, 2.45) is 5.41 Å². The maximum absolute atomic E-state index is 12.5. The maximum atomic E-state index is 12.5. The lowest BCUT2D eigenvalue weighted by atomic mass is 9.60. The van der Waals surface area contributed by atoms with Crippen LogP contribution in [0.3, 0.4) is 0 Å². The average molecular weight is 337 g/mol. The fraction of sp³-hybridized carbons (Fsp3) is 0.625. The van der Waals surface area contributed by atoms with Crippen molar-refractivity contribution in [1.29, 1.82) is 0 Å². The number of pyridine rings is 1. The Morgan fingerprint density at radius 1 is 1.30 bits per heavy atom. The predicted octanol–water partition coefficient (Wildman–Crippen LogP) is 1.32. The van der Waals surface area contributed by atoms with Gasteiger partial charge in [0.05, 0.1) is 6.26 Å². The number of amides is 1. The van der Waals surface area contributed by atoms with Crippen molar-refractivity contribution in [3.05, 3.63) is 29.6 Å². The van der Waals surface area contributed by atoms with Crippen LogP contribution in [0.2, 0.25) is 0 Å². The van der Waals surface area contributed by atoms with Gasteiger partial charge in [0.1, 0.15) is 5.69 Å². The second-order valence-corrected chi connectivity index (χ2v) is 8.73. The fourth-order valence-corrected chi connectivity index (χ4v) is 4.56. The molecule has 1 aliphatic carbocycles. The van der Waals surface area contributed by atoms with E-state index in [9.17, 15) is 13.2 Å². The fourth-order valence-electron chi connectivity index (χ4n) is 3.79. The molecule has 0 atom stereocenters. The number of hydrogen-bond acceptors (Lipinski definition) is 4. The summed E-state index contributed by atoms with van der Waals surface area (Å²) in [6, 6.07) is 5.56. The summed E-state index contributed by atoms with van der Waals surface area (Å²) in [5.41, 5.74) is 1.56. The van der Waals surface area contributed by atoms with E-state index in [1.165, 1.54) is 6.26 Å². The minimum atomic E-state index is -3.13. The van der Waals surface area contributed by atoms with Gasteiger partial charge in [0.25, 0.3) is 5.91 Å². The molecule has 2 heterocycles. The lowest BCUT2D eigenvalue weighted by Gasteiger charge is -2.52. The summed E-state index contributed by atoms with van der Waals surface area (Å²) in [4.78, 5) is 18.7. The van der Waals surface area contributed by atoms with Gasteiger partial charge in [-0.2, -0.15) is 0 Å². The van der Waals surface area contributed by atoms with Crippen molar-refractivity contribution in [1.82, 2.24) is 14.6 Å². The Labute approximate surface area is 137 Å². The molecule has 0 unspecified atom stereocenters. The van der Waals surface area contributed by atoms with Crippen LogP contribution in [0.15, 0.2) is 18.2 Å². The van der Waals surface area contributed by atoms with E-state index in [0.29, 0.717) is 5.69 Å². The second kappa shape index (κ2) is 5.87. The summed E-state index contributed by atoms with van der Waals surface area (Å²) in [7, 11) is -3.13. The Morgan fingerprint density at radius 2 is 1.96 bits per heavy atom. The van der Waals surface area contributed by atoms with Crippen molar-refractivity contribution >= 4 is 15.9 Å². The first-order valence-electron chi connectivity index (χ1n) is 7.97. The van der Waals surface area contributed by atoms with Crippen LogP contribution >= 0.6 is 0 Å². The van der Waals surface area contributed by atoms with Gasteiger partial charge in [-0.1, -0.05) is 6.07 Å². The SMILES string of the molecule is Cc1cccc(C(=O)N2CCC3(CC2)CC(NS(C)(=O)=O)C3)n1. The Balaban J connectivity index is 1.54. The number of aryl methyl sites for hydroxylation is 1. The lowest BCUT2D eigenvalue weighted by Crippen LogP contribution is -2.55. The van der Waals surface area contributed by atoms with Crippen LogP contribution in [-0.2, 0) is 10.0 Å². The van der Waals surface area contributed by atoms with Gasteiger partial charge < -0.3 is 4.90 Å². The molecule has 1 saturated carbocycles. The third-order valence-corrected chi connectivity index (χ3v) is 5.72. The quantitative estimate of drug-likeness (QED) is 0.902. The van der Waals surface area contributed by atoms with Gasteiger partial charge in [0, 0.05) is 24.8 Å². The van der Waals surface area contributed by atoms with E-state index in [4.69, 9.17) is 0 Å². The molecule has 0 radical (unpaired) electrons. The zero-order valence-electron chi connectivity index (χ0n) is 13.6. The van der Waals surface area contributed by atoms with Crippen LogP contribution in [-0.4, -0.2) is 49.6 Å². The standard InChI is InChI=1S/C16H23N3O3S/c1-12-4-3-5-14(17-12)15(20)19-8-6-16(7-9-19)10-13(11-16)18-23(2,21)22/h3-5,13,18H,6-11H2,1-2H3. The third kappa shape index (κ3) is 3.72. The van der Waals surface area contributed by atoms with E-state index in [1.807, 2.05) is 24.0 Å². The molecular weight excluding hydrogens is 314 g/mol. The highest BCUT2D eigenvalue weighted by molar-refractivity contribution is 7.88.